The molecule has 1 N–H and O–H groups in total. The summed E-state index contributed by atoms with van der Waals surface area (Å²) in [6.07, 6.45) is 0. The number of amides is 1. The van der Waals surface area contributed by atoms with E-state index in [9.17, 15) is 13.6 Å². The number of hydrogen-bond donors (Lipinski definition) is 1. The number of carbonyl (C=O) groups excluding carboxylic acids is 1. The SMILES string of the molecule is Cc1ccc(NC(=O)c2cc(F)nc(F)c2)cc1. The molecule has 1 heterocycles. The lowest BCUT2D eigenvalue weighted by Gasteiger charge is -2.05. The van der Waals surface area contributed by atoms with E-state index in [1.807, 2.05) is 19.1 Å². The number of pyridine rings is 1. The minimum Gasteiger partial charge on any atom is -0.322 e. The first-order chi connectivity index (χ1) is 8.54. The molecule has 0 bridgehead atoms. The monoisotopic (exact) mass is 248 g/mol. The number of aryl methyl sites for hydroxylation is 1. The largest absolute Gasteiger partial charge is 0.322 e. The van der Waals surface area contributed by atoms with E-state index in [4.69, 9.17) is 0 Å². The summed E-state index contributed by atoms with van der Waals surface area (Å²) in [5.41, 5.74) is 1.50. The minimum absolute atomic E-state index is 0.111. The van der Waals surface area contributed by atoms with Gasteiger partial charge in [-0.3, -0.25) is 4.79 Å². The average Bonchev–Trinajstić information content (AvgIpc) is 2.31. The van der Waals surface area contributed by atoms with Crippen molar-refractivity contribution in [3.05, 3.63) is 59.4 Å². The highest BCUT2D eigenvalue weighted by Crippen LogP contribution is 2.11. The van der Waals surface area contributed by atoms with Crippen molar-refractivity contribution in [2.75, 3.05) is 5.32 Å². The Hall–Kier alpha value is -2.30. The summed E-state index contributed by atoms with van der Waals surface area (Å²) in [6.45, 7) is 1.92. The van der Waals surface area contributed by atoms with E-state index in [1.54, 1.807) is 12.1 Å². The molecule has 0 aliphatic heterocycles. The fraction of sp³-hybridized carbons (Fsp3) is 0.0769. The lowest BCUT2D eigenvalue weighted by molar-refractivity contribution is 0.102. The van der Waals surface area contributed by atoms with Crippen LogP contribution in [0.15, 0.2) is 36.4 Å². The molecule has 2 rings (SSSR count). The van der Waals surface area contributed by atoms with Crippen molar-refractivity contribution in [2.24, 2.45) is 0 Å². The van der Waals surface area contributed by atoms with Crippen LogP contribution in [0.25, 0.3) is 0 Å². The molecule has 1 amide bonds. The van der Waals surface area contributed by atoms with E-state index in [1.165, 1.54) is 0 Å². The Morgan fingerprint density at radius 1 is 1.11 bits per heavy atom. The van der Waals surface area contributed by atoms with Gasteiger partial charge < -0.3 is 5.32 Å². The first-order valence-corrected chi connectivity index (χ1v) is 5.26. The zero-order valence-corrected chi connectivity index (χ0v) is 9.58. The Morgan fingerprint density at radius 2 is 1.67 bits per heavy atom. The molecule has 0 fully saturated rings. The predicted molar refractivity (Wildman–Crippen MR) is 63.3 cm³/mol. The van der Waals surface area contributed by atoms with E-state index in [-0.39, 0.29) is 5.56 Å². The van der Waals surface area contributed by atoms with Crippen molar-refractivity contribution in [3.63, 3.8) is 0 Å². The topological polar surface area (TPSA) is 42.0 Å². The highest BCUT2D eigenvalue weighted by Gasteiger charge is 2.10. The van der Waals surface area contributed by atoms with Crippen LogP contribution in [0.1, 0.15) is 15.9 Å². The Balaban J connectivity index is 2.19. The smallest absolute Gasteiger partial charge is 0.255 e. The van der Waals surface area contributed by atoms with Crippen LogP contribution in [-0.4, -0.2) is 10.9 Å². The Kier molecular flexibility index (Phi) is 3.32. The number of aromatic nitrogens is 1. The summed E-state index contributed by atoms with van der Waals surface area (Å²) in [6, 6.07) is 8.83. The number of carbonyl (C=O) groups is 1. The van der Waals surface area contributed by atoms with Crippen molar-refractivity contribution < 1.29 is 13.6 Å². The summed E-state index contributed by atoms with van der Waals surface area (Å²) in [4.78, 5) is 14.7. The normalized spacial score (nSPS) is 10.2. The second-order valence-electron chi connectivity index (χ2n) is 3.82. The fourth-order valence-electron chi connectivity index (χ4n) is 1.44. The summed E-state index contributed by atoms with van der Waals surface area (Å²) >= 11 is 0. The first-order valence-electron chi connectivity index (χ1n) is 5.26. The Bertz CT molecular complexity index is 562. The van der Waals surface area contributed by atoms with Crippen molar-refractivity contribution in [1.82, 2.24) is 4.98 Å². The van der Waals surface area contributed by atoms with Gasteiger partial charge in [-0.1, -0.05) is 17.7 Å². The number of nitrogens with zero attached hydrogens (tertiary/aromatic N) is 1. The predicted octanol–water partition coefficient (Wildman–Crippen LogP) is 2.92. The van der Waals surface area contributed by atoms with Gasteiger partial charge in [-0.15, -0.1) is 0 Å². The summed E-state index contributed by atoms with van der Waals surface area (Å²) in [7, 11) is 0. The fourth-order valence-corrected chi connectivity index (χ4v) is 1.44. The van der Waals surface area contributed by atoms with Gasteiger partial charge in [0.15, 0.2) is 0 Å². The minimum atomic E-state index is -1.02. The van der Waals surface area contributed by atoms with Crippen LogP contribution in [0.3, 0.4) is 0 Å². The van der Waals surface area contributed by atoms with Crippen LogP contribution in [0.4, 0.5) is 14.5 Å². The molecule has 0 saturated carbocycles. The van der Waals surface area contributed by atoms with Crippen molar-refractivity contribution in [2.45, 2.75) is 6.92 Å². The number of nitrogens with one attached hydrogen (secondary N) is 1. The van der Waals surface area contributed by atoms with Gasteiger partial charge in [0.2, 0.25) is 11.9 Å². The van der Waals surface area contributed by atoms with Crippen molar-refractivity contribution in [3.8, 4) is 0 Å². The van der Waals surface area contributed by atoms with Crippen LogP contribution in [0.2, 0.25) is 0 Å². The lowest BCUT2D eigenvalue weighted by atomic mass is 10.2. The molecule has 92 valence electrons. The maximum absolute atomic E-state index is 12.8. The second-order valence-corrected chi connectivity index (χ2v) is 3.82. The third kappa shape index (κ3) is 2.88. The molecule has 2 aromatic rings. The molecule has 0 radical (unpaired) electrons. The molecule has 1 aromatic carbocycles. The number of rotatable bonds is 2. The quantitative estimate of drug-likeness (QED) is 0.830. The molecule has 5 heteroatoms. The Labute approximate surface area is 102 Å². The van der Waals surface area contributed by atoms with Crippen LogP contribution in [-0.2, 0) is 0 Å². The van der Waals surface area contributed by atoms with Gasteiger partial charge in [-0.05, 0) is 19.1 Å². The van der Waals surface area contributed by atoms with Crippen LogP contribution < -0.4 is 5.32 Å². The zero-order chi connectivity index (χ0) is 13.1. The van der Waals surface area contributed by atoms with E-state index >= 15 is 0 Å². The lowest BCUT2D eigenvalue weighted by Crippen LogP contribution is -2.13. The molecule has 0 saturated heterocycles. The zero-order valence-electron chi connectivity index (χ0n) is 9.58. The molecule has 1 aromatic heterocycles. The molecule has 0 aliphatic rings. The van der Waals surface area contributed by atoms with Gasteiger partial charge in [0.05, 0.1) is 0 Å². The summed E-state index contributed by atoms with van der Waals surface area (Å²) in [5.74, 6) is -2.63. The Morgan fingerprint density at radius 3 is 2.22 bits per heavy atom. The first kappa shape index (κ1) is 12.2. The van der Waals surface area contributed by atoms with Gasteiger partial charge in [0, 0.05) is 23.4 Å². The number of halogens is 2. The van der Waals surface area contributed by atoms with E-state index in [2.05, 4.69) is 10.3 Å². The summed E-state index contributed by atoms with van der Waals surface area (Å²) < 4.78 is 25.7. The average molecular weight is 248 g/mol. The highest BCUT2D eigenvalue weighted by atomic mass is 19.1. The van der Waals surface area contributed by atoms with Crippen LogP contribution >= 0.6 is 0 Å². The van der Waals surface area contributed by atoms with Gasteiger partial charge in [0.25, 0.3) is 5.91 Å². The van der Waals surface area contributed by atoms with E-state index in [0.29, 0.717) is 5.69 Å². The maximum Gasteiger partial charge on any atom is 0.255 e. The molecule has 0 atom stereocenters. The maximum atomic E-state index is 12.8. The standard InChI is InChI=1S/C13H10F2N2O/c1-8-2-4-10(5-3-8)16-13(18)9-6-11(14)17-12(15)7-9/h2-7H,1H3,(H,16,18). The van der Waals surface area contributed by atoms with E-state index < -0.39 is 17.8 Å². The van der Waals surface area contributed by atoms with Crippen molar-refractivity contribution >= 4 is 11.6 Å². The number of benzene rings is 1. The number of hydrogen-bond acceptors (Lipinski definition) is 2. The molecule has 0 unspecified atom stereocenters. The molecule has 3 nitrogen and oxygen atoms in total. The van der Waals surface area contributed by atoms with Gasteiger partial charge in [-0.25, -0.2) is 0 Å². The highest BCUT2D eigenvalue weighted by molar-refractivity contribution is 6.04. The van der Waals surface area contributed by atoms with E-state index in [0.717, 1.165) is 17.7 Å². The van der Waals surface area contributed by atoms with Crippen molar-refractivity contribution in [1.29, 1.82) is 0 Å². The molecular formula is C13H10F2N2O. The summed E-state index contributed by atoms with van der Waals surface area (Å²) in [5, 5.41) is 2.54. The second kappa shape index (κ2) is 4.91. The molecule has 18 heavy (non-hydrogen) atoms. The molecule has 0 spiro atoms. The van der Waals surface area contributed by atoms with Crippen LogP contribution in [0, 0.1) is 18.8 Å². The third-order valence-electron chi connectivity index (χ3n) is 2.33. The molecular weight excluding hydrogens is 238 g/mol. The van der Waals surface area contributed by atoms with Gasteiger partial charge in [0.1, 0.15) is 0 Å². The van der Waals surface area contributed by atoms with Gasteiger partial charge in [-0.2, -0.15) is 13.8 Å². The third-order valence-corrected chi connectivity index (χ3v) is 2.33. The van der Waals surface area contributed by atoms with Crippen LogP contribution in [0.5, 0.6) is 0 Å². The molecule has 0 aliphatic carbocycles. The number of anilines is 1. The van der Waals surface area contributed by atoms with Gasteiger partial charge >= 0.3 is 0 Å².